The monoisotopic (exact) mass is 445 g/mol. The van der Waals surface area contributed by atoms with Gasteiger partial charge in [-0.15, -0.1) is 0 Å². The van der Waals surface area contributed by atoms with Gasteiger partial charge in [0.05, 0.1) is 6.54 Å². The maximum atomic E-state index is 11.6. The molecule has 0 aliphatic carbocycles. The van der Waals surface area contributed by atoms with Crippen LogP contribution in [0.4, 0.5) is 15.3 Å². The molecule has 1 aliphatic rings. The molecule has 1 unspecified atom stereocenters. The van der Waals surface area contributed by atoms with Gasteiger partial charge in [0.15, 0.2) is 5.37 Å². The molecule has 2 aromatic carbocycles. The summed E-state index contributed by atoms with van der Waals surface area (Å²) >= 11 is 0.882. The summed E-state index contributed by atoms with van der Waals surface area (Å²) < 4.78 is 5.47. The van der Waals surface area contributed by atoms with Gasteiger partial charge in [-0.1, -0.05) is 30.3 Å². The third kappa shape index (κ3) is 6.90. The van der Waals surface area contributed by atoms with E-state index in [4.69, 9.17) is 4.74 Å². The van der Waals surface area contributed by atoms with E-state index in [-0.39, 0.29) is 30.8 Å². The molecule has 2 aromatic rings. The van der Waals surface area contributed by atoms with Crippen molar-refractivity contribution < 1.29 is 29.3 Å². The van der Waals surface area contributed by atoms with Gasteiger partial charge >= 0.3 is 6.09 Å². The van der Waals surface area contributed by atoms with E-state index in [1.807, 2.05) is 30.3 Å². The molecule has 0 saturated carbocycles. The summed E-state index contributed by atoms with van der Waals surface area (Å²) in [6.45, 7) is 0.132. The van der Waals surface area contributed by atoms with Crippen molar-refractivity contribution in [1.82, 2.24) is 10.2 Å². The lowest BCUT2D eigenvalue weighted by Crippen LogP contribution is -2.40. The number of amides is 3. The molecule has 0 spiro atoms. The second-order valence-electron chi connectivity index (χ2n) is 6.87. The van der Waals surface area contributed by atoms with Crippen LogP contribution in [-0.2, 0) is 11.2 Å². The summed E-state index contributed by atoms with van der Waals surface area (Å²) in [6.07, 6.45) is -1.62. The average Bonchev–Trinajstić information content (AvgIpc) is 3.07. The fourth-order valence-electron chi connectivity index (χ4n) is 2.92. The van der Waals surface area contributed by atoms with E-state index in [1.165, 1.54) is 0 Å². The minimum atomic E-state index is -1.12. The Kier molecular flexibility index (Phi) is 7.74. The van der Waals surface area contributed by atoms with E-state index < -0.39 is 17.6 Å². The van der Waals surface area contributed by atoms with E-state index >= 15 is 0 Å². The third-order valence-corrected chi connectivity index (χ3v) is 5.38. The van der Waals surface area contributed by atoms with Gasteiger partial charge in [0.1, 0.15) is 18.5 Å². The van der Waals surface area contributed by atoms with Crippen LogP contribution >= 0.6 is 11.8 Å². The second kappa shape index (κ2) is 10.7. The van der Waals surface area contributed by atoms with Crippen molar-refractivity contribution in [3.8, 4) is 5.75 Å². The summed E-state index contributed by atoms with van der Waals surface area (Å²) in [6, 6.07) is 16.2. The number of nitrogens with one attached hydrogen (secondary N) is 2. The highest BCUT2D eigenvalue weighted by molar-refractivity contribution is 8.15. The number of hydrogen-bond donors (Lipinski definition) is 4. The number of carboxylic acid groups (broad SMARTS) is 1. The molecule has 31 heavy (non-hydrogen) atoms. The lowest BCUT2D eigenvalue weighted by molar-refractivity contribution is -0.118. The van der Waals surface area contributed by atoms with Gasteiger partial charge in [-0.3, -0.25) is 14.9 Å². The van der Waals surface area contributed by atoms with Crippen LogP contribution in [0.15, 0.2) is 54.6 Å². The van der Waals surface area contributed by atoms with E-state index in [0.717, 1.165) is 22.2 Å². The number of thioether (sulfide) groups is 1. The maximum Gasteiger partial charge on any atom is 0.407 e. The molecule has 0 radical (unpaired) electrons. The molecule has 1 aliphatic heterocycles. The Morgan fingerprint density at radius 2 is 1.87 bits per heavy atom. The van der Waals surface area contributed by atoms with Crippen LogP contribution in [0, 0.1) is 0 Å². The van der Waals surface area contributed by atoms with Crippen molar-refractivity contribution in [1.29, 1.82) is 0 Å². The van der Waals surface area contributed by atoms with Gasteiger partial charge in [-0.05, 0) is 48.0 Å². The lowest BCUT2D eigenvalue weighted by atomic mass is 10.1. The summed E-state index contributed by atoms with van der Waals surface area (Å²) in [7, 11) is 0. The molecule has 2 atom stereocenters. The van der Waals surface area contributed by atoms with Gasteiger partial charge in [0.2, 0.25) is 0 Å². The number of aliphatic hydroxyl groups is 1. The molecule has 1 heterocycles. The highest BCUT2D eigenvalue weighted by Crippen LogP contribution is 2.22. The lowest BCUT2D eigenvalue weighted by Gasteiger charge is -2.22. The minimum Gasteiger partial charge on any atom is -0.491 e. The van der Waals surface area contributed by atoms with E-state index in [1.54, 1.807) is 24.3 Å². The number of nitrogens with zero attached hydrogens (tertiary/aromatic N) is 1. The number of aliphatic hydroxyl groups excluding tert-OH is 1. The van der Waals surface area contributed by atoms with Crippen LogP contribution in [0.1, 0.15) is 5.56 Å². The normalized spacial score (nSPS) is 16.5. The molecular formula is C21H23N3O6S. The average molecular weight is 445 g/mol. The zero-order chi connectivity index (χ0) is 22.2. The first-order valence-corrected chi connectivity index (χ1v) is 10.5. The first-order chi connectivity index (χ1) is 14.9. The molecule has 1 saturated heterocycles. The number of hydrogen-bond acceptors (Lipinski definition) is 7. The maximum absolute atomic E-state index is 11.6. The largest absolute Gasteiger partial charge is 0.491 e. The Balaban J connectivity index is 1.46. The quantitative estimate of drug-likeness (QED) is 0.439. The highest BCUT2D eigenvalue weighted by Gasteiger charge is 2.31. The van der Waals surface area contributed by atoms with Crippen LogP contribution in [0.5, 0.6) is 5.75 Å². The van der Waals surface area contributed by atoms with E-state index in [2.05, 4.69) is 10.6 Å². The molecule has 0 aromatic heterocycles. The third-order valence-electron chi connectivity index (χ3n) is 4.50. The van der Waals surface area contributed by atoms with Crippen LogP contribution in [-0.4, -0.2) is 63.5 Å². The zero-order valence-corrected chi connectivity index (χ0v) is 17.4. The molecule has 3 amide bonds. The van der Waals surface area contributed by atoms with Crippen molar-refractivity contribution in [2.45, 2.75) is 17.9 Å². The van der Waals surface area contributed by atoms with Crippen LogP contribution < -0.4 is 15.4 Å². The standard InChI is InChI=1S/C21H23N3O6S/c25-16(13-30-17-4-2-1-3-5-17)12-24(21(28)29)11-10-14-6-8-15(9-7-14)22-19-18(26)23-20(27)31-19/h1-9,16,19,22,25H,10-13H2,(H,28,29)(H,23,26,27)/t16-,19?/m0/s1. The number of carbonyl (C=O) groups excluding carboxylic acids is 2. The van der Waals surface area contributed by atoms with Crippen LogP contribution in [0.2, 0.25) is 0 Å². The van der Waals surface area contributed by atoms with Crippen molar-refractivity contribution in [2.75, 3.05) is 25.0 Å². The number of para-hydroxylation sites is 1. The minimum absolute atomic E-state index is 0.0105. The van der Waals surface area contributed by atoms with Crippen LogP contribution in [0.3, 0.4) is 0 Å². The fraction of sp³-hybridized carbons (Fsp3) is 0.286. The van der Waals surface area contributed by atoms with Gasteiger partial charge in [-0.2, -0.15) is 0 Å². The van der Waals surface area contributed by atoms with Crippen molar-refractivity contribution in [2.24, 2.45) is 0 Å². The zero-order valence-electron chi connectivity index (χ0n) is 16.6. The fourth-order valence-corrected chi connectivity index (χ4v) is 3.65. The molecule has 3 rings (SSSR count). The molecule has 9 nitrogen and oxygen atoms in total. The first kappa shape index (κ1) is 22.4. The smallest absolute Gasteiger partial charge is 0.407 e. The first-order valence-electron chi connectivity index (χ1n) is 9.61. The van der Waals surface area contributed by atoms with E-state index in [0.29, 0.717) is 17.9 Å². The Morgan fingerprint density at radius 3 is 2.48 bits per heavy atom. The Bertz CT molecular complexity index is 909. The summed E-state index contributed by atoms with van der Waals surface area (Å²) in [5, 5.41) is 23.7. The molecule has 4 N–H and O–H groups in total. The molecule has 10 heteroatoms. The predicted molar refractivity (Wildman–Crippen MR) is 116 cm³/mol. The Labute approximate surface area is 183 Å². The summed E-state index contributed by atoms with van der Waals surface area (Å²) in [4.78, 5) is 35.5. The van der Waals surface area contributed by atoms with Gasteiger partial charge < -0.3 is 25.2 Å². The van der Waals surface area contributed by atoms with Crippen molar-refractivity contribution in [3.05, 3.63) is 60.2 Å². The van der Waals surface area contributed by atoms with Gasteiger partial charge in [-0.25, -0.2) is 4.79 Å². The van der Waals surface area contributed by atoms with Gasteiger partial charge in [0, 0.05) is 12.2 Å². The van der Waals surface area contributed by atoms with Crippen molar-refractivity contribution >= 4 is 34.7 Å². The number of carbonyl (C=O) groups is 3. The number of rotatable bonds is 10. The number of anilines is 1. The number of ether oxygens (including phenoxy) is 1. The summed E-state index contributed by atoms with van der Waals surface area (Å²) in [5.41, 5.74) is 1.57. The topological polar surface area (TPSA) is 128 Å². The molecule has 164 valence electrons. The molecule has 1 fully saturated rings. The van der Waals surface area contributed by atoms with Crippen LogP contribution in [0.25, 0.3) is 0 Å². The van der Waals surface area contributed by atoms with Crippen molar-refractivity contribution in [3.63, 3.8) is 0 Å². The second-order valence-corrected chi connectivity index (χ2v) is 7.95. The molecule has 0 bridgehead atoms. The number of benzene rings is 2. The Hall–Kier alpha value is -3.24. The van der Waals surface area contributed by atoms with Gasteiger partial charge in [0.25, 0.3) is 11.1 Å². The number of imide groups is 1. The molecular weight excluding hydrogens is 422 g/mol. The summed E-state index contributed by atoms with van der Waals surface area (Å²) in [5.74, 6) is 0.223. The predicted octanol–water partition coefficient (Wildman–Crippen LogP) is 2.37. The Morgan fingerprint density at radius 1 is 1.16 bits per heavy atom. The SMILES string of the molecule is O=C1NC(=O)C(Nc2ccc(CCN(C[C@H](O)COc3ccccc3)C(=O)O)cc2)S1. The van der Waals surface area contributed by atoms with E-state index in [9.17, 15) is 24.6 Å². The highest BCUT2D eigenvalue weighted by atomic mass is 32.2.